The molecule has 0 aromatic carbocycles. The maximum atomic E-state index is 13.5. The van der Waals surface area contributed by atoms with Gasteiger partial charge in [0.05, 0.1) is 32.0 Å². The molecular weight excluding hydrogens is 638 g/mol. The summed E-state index contributed by atoms with van der Waals surface area (Å²) in [5.74, 6) is -4.39. The van der Waals surface area contributed by atoms with E-state index in [9.17, 15) is 50.4 Å². The van der Waals surface area contributed by atoms with Crippen LogP contribution < -0.4 is 5.32 Å². The molecule has 266 valence electrons. The van der Waals surface area contributed by atoms with E-state index in [4.69, 9.17) is 33.2 Å². The fourth-order valence-electron chi connectivity index (χ4n) is 5.77. The molecule has 9 N–H and O–H groups in total. The second-order valence-electron chi connectivity index (χ2n) is 13.3. The molecule has 1 spiro atoms. The highest BCUT2D eigenvalue weighted by Gasteiger charge is 2.64. The zero-order valence-electron chi connectivity index (χ0n) is 26.1. The molecule has 4 heterocycles. The fourth-order valence-corrected chi connectivity index (χ4v) is 6.50. The van der Waals surface area contributed by atoms with Gasteiger partial charge in [0.1, 0.15) is 54.9 Å². The Morgan fingerprint density at radius 3 is 2.35 bits per heavy atom. The zero-order valence-corrected chi connectivity index (χ0v) is 27.1. The molecule has 46 heavy (non-hydrogen) atoms. The van der Waals surface area contributed by atoms with Crippen LogP contribution >= 0.6 is 0 Å². The van der Waals surface area contributed by atoms with Crippen molar-refractivity contribution in [1.82, 2.24) is 5.32 Å². The Kier molecular flexibility index (Phi) is 12.2. The predicted molar refractivity (Wildman–Crippen MR) is 152 cm³/mol. The Morgan fingerprint density at radius 1 is 1.04 bits per heavy atom. The molecule has 4 aliphatic rings. The lowest BCUT2D eigenvalue weighted by Gasteiger charge is -2.54. The number of amides is 1. The summed E-state index contributed by atoms with van der Waals surface area (Å²) in [4.78, 5) is 25.3. The highest BCUT2D eigenvalue weighted by Crippen LogP contribution is 2.42. The van der Waals surface area contributed by atoms with Crippen molar-refractivity contribution >= 4 is 20.0 Å². The summed E-state index contributed by atoms with van der Waals surface area (Å²) in [6.45, 7) is 5.93. The fraction of sp³-hybridized carbons (Fsp3) is 0.926. The average Bonchev–Trinajstić information content (AvgIpc) is 2.98. The van der Waals surface area contributed by atoms with Gasteiger partial charge in [0.2, 0.25) is 5.91 Å². The summed E-state index contributed by atoms with van der Waals surface area (Å²) in [5.41, 5.74) is 0. The van der Waals surface area contributed by atoms with E-state index in [1.165, 1.54) is 0 Å². The number of esters is 1. The van der Waals surface area contributed by atoms with Crippen molar-refractivity contribution in [3.63, 3.8) is 0 Å². The molecule has 4 fully saturated rings. The first-order valence-electron chi connectivity index (χ1n) is 15.2. The molecule has 0 aromatic rings. The second-order valence-corrected chi connectivity index (χ2v) is 18.9. The summed E-state index contributed by atoms with van der Waals surface area (Å²) in [5, 5.41) is 85.9. The van der Waals surface area contributed by atoms with Gasteiger partial charge in [0.15, 0.2) is 18.7 Å². The normalized spacial score (nSPS) is 43.0. The van der Waals surface area contributed by atoms with E-state index in [2.05, 4.69) is 25.0 Å². The van der Waals surface area contributed by atoms with Gasteiger partial charge in [-0.25, -0.2) is 4.79 Å². The zero-order chi connectivity index (χ0) is 34.1. The maximum absolute atomic E-state index is 13.5. The maximum Gasteiger partial charge on any atom is 0.367 e. The molecule has 0 radical (unpaired) electrons. The van der Waals surface area contributed by atoms with Crippen molar-refractivity contribution in [2.45, 2.75) is 131 Å². The van der Waals surface area contributed by atoms with Crippen molar-refractivity contribution in [3.05, 3.63) is 0 Å². The molecule has 0 aromatic heterocycles. The Balaban J connectivity index is 1.52. The van der Waals surface area contributed by atoms with E-state index in [0.29, 0.717) is 6.61 Å². The lowest BCUT2D eigenvalue weighted by atomic mass is 9.87. The molecule has 19 heteroatoms. The van der Waals surface area contributed by atoms with Gasteiger partial charge in [0.25, 0.3) is 5.79 Å². The van der Waals surface area contributed by atoms with Crippen LogP contribution in [0.4, 0.5) is 0 Å². The van der Waals surface area contributed by atoms with Crippen LogP contribution in [0.2, 0.25) is 25.7 Å². The number of rotatable bonds is 11. The van der Waals surface area contributed by atoms with E-state index >= 15 is 0 Å². The molecule has 0 bridgehead atoms. The number of hydrogen-bond acceptors (Lipinski definition) is 17. The number of hydrogen-bond donors (Lipinski definition) is 9. The lowest BCUT2D eigenvalue weighted by molar-refractivity contribution is -0.405. The Morgan fingerprint density at radius 2 is 1.74 bits per heavy atom. The van der Waals surface area contributed by atoms with E-state index in [-0.39, 0.29) is 6.61 Å². The lowest BCUT2D eigenvalue weighted by Crippen LogP contribution is -2.74. The van der Waals surface area contributed by atoms with Gasteiger partial charge < -0.3 is 79.3 Å². The smallest absolute Gasteiger partial charge is 0.367 e. The van der Waals surface area contributed by atoms with Gasteiger partial charge in [-0.2, -0.15) is 0 Å². The third-order valence-corrected chi connectivity index (χ3v) is 10.1. The molecule has 15 atom stereocenters. The third-order valence-electron chi connectivity index (χ3n) is 8.42. The van der Waals surface area contributed by atoms with Gasteiger partial charge in [-0.1, -0.05) is 19.6 Å². The summed E-state index contributed by atoms with van der Waals surface area (Å²) >= 11 is 0. The van der Waals surface area contributed by atoms with E-state index in [1.807, 2.05) is 0 Å². The molecule has 4 rings (SSSR count). The SMILES string of the molecule is CC(=O)N[C@@H]1[C@@H]([C@H](O)[C@H](O)CO)O[C@]2(C[C@H]1O)O[C@H]1[C@@H](O)[C@@H](CO)O[C@@H](O[C@@H]3CO[C@@H](OCC[Si](C)(C)C)[C@H](O)[C@H]3O)[C@@H]1OC2=O. The quantitative estimate of drug-likeness (QED) is 0.0730. The first-order valence-corrected chi connectivity index (χ1v) is 18.9. The van der Waals surface area contributed by atoms with Crippen LogP contribution in [0.3, 0.4) is 0 Å². The van der Waals surface area contributed by atoms with Crippen LogP contribution in [0.1, 0.15) is 13.3 Å². The number of nitrogens with one attached hydrogen (secondary N) is 1. The number of fused-ring (bicyclic) bond motifs is 1. The minimum absolute atomic E-state index is 0.273. The monoisotopic (exact) mass is 685 g/mol. The van der Waals surface area contributed by atoms with E-state index < -0.39 is 131 Å². The minimum atomic E-state index is -2.50. The highest BCUT2D eigenvalue weighted by atomic mass is 28.3. The van der Waals surface area contributed by atoms with Gasteiger partial charge in [0, 0.05) is 28.0 Å². The van der Waals surface area contributed by atoms with Crippen molar-refractivity contribution in [2.24, 2.45) is 0 Å². The molecule has 18 nitrogen and oxygen atoms in total. The van der Waals surface area contributed by atoms with Crippen LogP contribution in [-0.2, 0) is 42.7 Å². The van der Waals surface area contributed by atoms with Gasteiger partial charge in [-0.05, 0) is 6.04 Å². The predicted octanol–water partition coefficient (Wildman–Crippen LogP) is -4.74. The minimum Gasteiger partial charge on any atom is -0.450 e. The molecule has 1 amide bonds. The number of aliphatic hydroxyl groups excluding tert-OH is 8. The van der Waals surface area contributed by atoms with E-state index in [0.717, 1.165) is 13.0 Å². The largest absolute Gasteiger partial charge is 0.450 e. The number of carbonyl (C=O) groups is 2. The van der Waals surface area contributed by atoms with Crippen LogP contribution in [0, 0.1) is 0 Å². The second kappa shape index (κ2) is 15.0. The first-order chi connectivity index (χ1) is 21.5. The number of aliphatic hydroxyl groups is 8. The van der Waals surface area contributed by atoms with Gasteiger partial charge in [-0.15, -0.1) is 0 Å². The molecular formula is C27H47NO17Si. The number of ether oxygens (including phenoxy) is 7. The van der Waals surface area contributed by atoms with Crippen LogP contribution in [-0.4, -0.2) is 179 Å². The van der Waals surface area contributed by atoms with Crippen LogP contribution in [0.25, 0.3) is 0 Å². The third kappa shape index (κ3) is 8.07. The molecule has 0 unspecified atom stereocenters. The Labute approximate surface area is 266 Å². The average molecular weight is 686 g/mol. The van der Waals surface area contributed by atoms with E-state index in [1.54, 1.807) is 0 Å². The standard InChI is InChI=1S/C27H47NO17Si/c1-11(31)28-16-12(32)7-27(44-21(16)17(34)13(33)8-29)26(38)43-23-22(45-27)19(36)14(9-30)41-25(23)42-15-10-40-24(20(37)18(15)35)39-5-6-46(2,3)4/h12-25,29-30,32-37H,5-10H2,1-4H3,(H,28,31)/t12-,13-,14-,15-,16+,17-,18+,19+,20-,21+,22+,23-,24-,25+,27-/m1/s1. The summed E-state index contributed by atoms with van der Waals surface area (Å²) in [6, 6.07) is -0.570. The molecule has 0 saturated carbocycles. The first kappa shape index (κ1) is 37.4. The van der Waals surface area contributed by atoms with Crippen LogP contribution in [0.15, 0.2) is 0 Å². The van der Waals surface area contributed by atoms with Gasteiger partial charge >= 0.3 is 5.97 Å². The molecule has 4 aliphatic heterocycles. The topological polar surface area (TPSA) is 273 Å². The van der Waals surface area contributed by atoms with Crippen molar-refractivity contribution < 1.29 is 83.6 Å². The number of carbonyl (C=O) groups excluding carboxylic acids is 2. The van der Waals surface area contributed by atoms with Crippen LogP contribution in [0.5, 0.6) is 0 Å². The van der Waals surface area contributed by atoms with Crippen molar-refractivity contribution in [3.8, 4) is 0 Å². The summed E-state index contributed by atoms with van der Waals surface area (Å²) in [7, 11) is -1.44. The summed E-state index contributed by atoms with van der Waals surface area (Å²) < 4.78 is 40.0. The molecule has 0 aliphatic carbocycles. The molecule has 4 saturated heterocycles. The highest BCUT2D eigenvalue weighted by molar-refractivity contribution is 6.76. The summed E-state index contributed by atoms with van der Waals surface area (Å²) in [6.07, 6.45) is -20.9. The van der Waals surface area contributed by atoms with Crippen molar-refractivity contribution in [2.75, 3.05) is 26.4 Å². The Bertz CT molecular complexity index is 1050. The van der Waals surface area contributed by atoms with Gasteiger partial charge in [-0.3, -0.25) is 4.79 Å². The Hall–Kier alpha value is -1.40. The van der Waals surface area contributed by atoms with Crippen molar-refractivity contribution in [1.29, 1.82) is 0 Å².